The molecule has 0 aliphatic carbocycles. The summed E-state index contributed by atoms with van der Waals surface area (Å²) in [6, 6.07) is 4.58. The zero-order valence-electron chi connectivity index (χ0n) is 10.6. The molecule has 3 nitrogen and oxygen atoms in total. The Labute approximate surface area is 107 Å². The van der Waals surface area contributed by atoms with Crippen LogP contribution in [0.3, 0.4) is 0 Å². The van der Waals surface area contributed by atoms with Crippen molar-refractivity contribution in [3.05, 3.63) is 22.4 Å². The molecule has 0 amide bonds. The normalized spacial score (nSPS) is 12.4. The van der Waals surface area contributed by atoms with Crippen LogP contribution >= 0.6 is 11.3 Å². The molecule has 1 heterocycles. The summed E-state index contributed by atoms with van der Waals surface area (Å²) >= 11 is 1.76. The van der Waals surface area contributed by atoms with E-state index in [0.29, 0.717) is 25.6 Å². The summed E-state index contributed by atoms with van der Waals surface area (Å²) in [4.78, 5) is 12.6. The predicted octanol–water partition coefficient (Wildman–Crippen LogP) is 3.13. The van der Waals surface area contributed by atoms with Crippen LogP contribution in [-0.2, 0) is 9.53 Å². The molecule has 1 aromatic rings. The number of carbonyl (C=O) groups is 1. The maximum Gasteiger partial charge on any atom is 0.307 e. The number of hydrogen-bond donors (Lipinski definition) is 1. The molecule has 0 fully saturated rings. The predicted molar refractivity (Wildman–Crippen MR) is 71.2 cm³/mol. The first-order valence-corrected chi connectivity index (χ1v) is 7.08. The van der Waals surface area contributed by atoms with Gasteiger partial charge in [0, 0.05) is 17.5 Å². The molecule has 1 unspecified atom stereocenters. The van der Waals surface area contributed by atoms with Gasteiger partial charge in [-0.15, -0.1) is 11.3 Å². The minimum atomic E-state index is -0.124. The lowest BCUT2D eigenvalue weighted by Crippen LogP contribution is -2.24. The molecule has 0 radical (unpaired) electrons. The first-order chi connectivity index (χ1) is 8.27. The first-order valence-electron chi connectivity index (χ1n) is 6.20. The molecule has 1 aromatic heterocycles. The van der Waals surface area contributed by atoms with Gasteiger partial charge >= 0.3 is 5.97 Å². The number of esters is 1. The van der Waals surface area contributed by atoms with Crippen LogP contribution in [0.15, 0.2) is 17.5 Å². The van der Waals surface area contributed by atoms with Gasteiger partial charge in [-0.2, -0.15) is 0 Å². The molecule has 96 valence electrons. The molecule has 0 saturated carbocycles. The molecule has 0 spiro atoms. The SMILES string of the molecule is CCCC(NCCC(=O)OCC)c1cccs1. The van der Waals surface area contributed by atoms with Gasteiger partial charge in [0.25, 0.3) is 0 Å². The van der Waals surface area contributed by atoms with Crippen LogP contribution in [-0.4, -0.2) is 19.1 Å². The standard InChI is InChI=1S/C13H21NO2S/c1-3-6-11(12-7-5-10-17-12)14-9-8-13(15)16-4-2/h5,7,10-11,14H,3-4,6,8-9H2,1-2H3. The highest BCUT2D eigenvalue weighted by atomic mass is 32.1. The van der Waals surface area contributed by atoms with E-state index in [1.165, 1.54) is 4.88 Å². The highest BCUT2D eigenvalue weighted by Crippen LogP contribution is 2.22. The summed E-state index contributed by atoms with van der Waals surface area (Å²) in [7, 11) is 0. The second-order valence-corrected chi connectivity index (χ2v) is 4.85. The van der Waals surface area contributed by atoms with Gasteiger partial charge in [-0.3, -0.25) is 4.79 Å². The third kappa shape index (κ3) is 5.33. The van der Waals surface area contributed by atoms with E-state index in [1.807, 2.05) is 6.92 Å². The smallest absolute Gasteiger partial charge is 0.307 e. The maximum atomic E-state index is 11.2. The fourth-order valence-corrected chi connectivity index (χ4v) is 2.54. The number of hydrogen-bond acceptors (Lipinski definition) is 4. The first kappa shape index (κ1) is 14.2. The molecule has 17 heavy (non-hydrogen) atoms. The quantitative estimate of drug-likeness (QED) is 0.725. The van der Waals surface area contributed by atoms with Crippen molar-refractivity contribution in [2.75, 3.05) is 13.2 Å². The molecular weight excluding hydrogens is 234 g/mol. The van der Waals surface area contributed by atoms with E-state index < -0.39 is 0 Å². The molecule has 0 saturated heterocycles. The van der Waals surface area contributed by atoms with E-state index in [-0.39, 0.29) is 5.97 Å². The molecule has 0 aromatic carbocycles. The summed E-state index contributed by atoms with van der Waals surface area (Å²) in [5.41, 5.74) is 0. The van der Waals surface area contributed by atoms with Crippen LogP contribution in [0.4, 0.5) is 0 Å². The van der Waals surface area contributed by atoms with Gasteiger partial charge in [0.05, 0.1) is 13.0 Å². The lowest BCUT2D eigenvalue weighted by molar-refractivity contribution is -0.143. The van der Waals surface area contributed by atoms with Crippen LogP contribution in [0, 0.1) is 0 Å². The van der Waals surface area contributed by atoms with Crippen molar-refractivity contribution in [3.63, 3.8) is 0 Å². The highest BCUT2D eigenvalue weighted by Gasteiger charge is 2.11. The van der Waals surface area contributed by atoms with Gasteiger partial charge < -0.3 is 10.1 Å². The molecule has 0 aliphatic heterocycles. The van der Waals surface area contributed by atoms with Crippen LogP contribution in [0.5, 0.6) is 0 Å². The second-order valence-electron chi connectivity index (χ2n) is 3.87. The number of nitrogens with one attached hydrogen (secondary N) is 1. The molecule has 1 N–H and O–H groups in total. The zero-order chi connectivity index (χ0) is 12.5. The van der Waals surface area contributed by atoms with Gasteiger partial charge in [-0.25, -0.2) is 0 Å². The monoisotopic (exact) mass is 255 g/mol. The van der Waals surface area contributed by atoms with Crippen molar-refractivity contribution in [2.24, 2.45) is 0 Å². The van der Waals surface area contributed by atoms with E-state index in [9.17, 15) is 4.79 Å². The minimum absolute atomic E-state index is 0.124. The van der Waals surface area contributed by atoms with Crippen molar-refractivity contribution >= 4 is 17.3 Å². The molecule has 1 atom stereocenters. The lowest BCUT2D eigenvalue weighted by atomic mass is 10.1. The molecule has 4 heteroatoms. The Kier molecular flexibility index (Phi) is 6.89. The zero-order valence-corrected chi connectivity index (χ0v) is 11.4. The van der Waals surface area contributed by atoms with Crippen LogP contribution in [0.25, 0.3) is 0 Å². The maximum absolute atomic E-state index is 11.2. The third-order valence-corrected chi connectivity index (χ3v) is 3.48. The van der Waals surface area contributed by atoms with E-state index in [0.717, 1.165) is 12.8 Å². The minimum Gasteiger partial charge on any atom is -0.466 e. The summed E-state index contributed by atoms with van der Waals surface area (Å²) in [5, 5.41) is 5.51. The van der Waals surface area contributed by atoms with Crippen molar-refractivity contribution in [2.45, 2.75) is 39.2 Å². The fourth-order valence-electron chi connectivity index (χ4n) is 1.70. The Morgan fingerprint density at radius 2 is 2.35 bits per heavy atom. The molecule has 0 aliphatic rings. The summed E-state index contributed by atoms with van der Waals surface area (Å²) in [5.74, 6) is -0.124. The van der Waals surface area contributed by atoms with Gasteiger partial charge in [0.15, 0.2) is 0 Å². The van der Waals surface area contributed by atoms with Gasteiger partial charge in [-0.05, 0) is 24.8 Å². The number of rotatable bonds is 8. The van der Waals surface area contributed by atoms with Crippen LogP contribution in [0.1, 0.15) is 44.0 Å². The van der Waals surface area contributed by atoms with E-state index in [1.54, 1.807) is 11.3 Å². The molecular formula is C13H21NO2S. The van der Waals surface area contributed by atoms with Crippen LogP contribution < -0.4 is 5.32 Å². The van der Waals surface area contributed by atoms with Crippen molar-refractivity contribution < 1.29 is 9.53 Å². The third-order valence-electron chi connectivity index (χ3n) is 2.49. The highest BCUT2D eigenvalue weighted by molar-refractivity contribution is 7.10. The van der Waals surface area contributed by atoms with Crippen molar-refractivity contribution in [1.29, 1.82) is 0 Å². The van der Waals surface area contributed by atoms with Gasteiger partial charge in [0.1, 0.15) is 0 Å². The van der Waals surface area contributed by atoms with E-state index in [4.69, 9.17) is 4.74 Å². The average Bonchev–Trinajstić information content (AvgIpc) is 2.81. The summed E-state index contributed by atoms with van der Waals surface area (Å²) < 4.78 is 4.90. The van der Waals surface area contributed by atoms with Crippen molar-refractivity contribution in [3.8, 4) is 0 Å². The number of thiophene rings is 1. The lowest BCUT2D eigenvalue weighted by Gasteiger charge is -2.16. The number of carbonyl (C=O) groups excluding carboxylic acids is 1. The Morgan fingerprint density at radius 1 is 1.53 bits per heavy atom. The second kappa shape index (κ2) is 8.25. The largest absolute Gasteiger partial charge is 0.466 e. The Bertz CT molecular complexity index is 311. The Balaban J connectivity index is 2.33. The summed E-state index contributed by atoms with van der Waals surface area (Å²) in [6.45, 7) is 5.15. The topological polar surface area (TPSA) is 38.3 Å². The van der Waals surface area contributed by atoms with Gasteiger partial charge in [-0.1, -0.05) is 19.4 Å². The van der Waals surface area contributed by atoms with E-state index >= 15 is 0 Å². The van der Waals surface area contributed by atoms with Crippen molar-refractivity contribution in [1.82, 2.24) is 5.32 Å². The number of ether oxygens (including phenoxy) is 1. The molecule has 0 bridgehead atoms. The molecule has 1 rings (SSSR count). The fraction of sp³-hybridized carbons (Fsp3) is 0.615. The van der Waals surface area contributed by atoms with Gasteiger partial charge in [0.2, 0.25) is 0 Å². The van der Waals surface area contributed by atoms with E-state index in [2.05, 4.69) is 29.8 Å². The Hall–Kier alpha value is -0.870. The summed E-state index contributed by atoms with van der Waals surface area (Å²) in [6.07, 6.45) is 2.68. The average molecular weight is 255 g/mol. The van der Waals surface area contributed by atoms with Crippen LogP contribution in [0.2, 0.25) is 0 Å². The Morgan fingerprint density at radius 3 is 2.94 bits per heavy atom.